The van der Waals surface area contributed by atoms with E-state index in [9.17, 15) is 17.6 Å². The lowest BCUT2D eigenvalue weighted by Gasteiger charge is -2.09. The molecule has 0 spiro atoms. The summed E-state index contributed by atoms with van der Waals surface area (Å²) >= 11 is 0. The average Bonchev–Trinajstić information content (AvgIpc) is 2.66. The lowest BCUT2D eigenvalue weighted by atomic mass is 10.0. The highest BCUT2D eigenvalue weighted by Gasteiger charge is 2.16. The quantitative estimate of drug-likeness (QED) is 0.539. The Hall–Kier alpha value is -3.27. The van der Waals surface area contributed by atoms with Crippen LogP contribution in [0.25, 0.3) is 22.5 Å². The van der Waals surface area contributed by atoms with Crippen LogP contribution in [0.1, 0.15) is 30.9 Å². The average molecular weight is 385 g/mol. The molecule has 0 atom stereocenters. The van der Waals surface area contributed by atoms with E-state index in [-0.39, 0.29) is 22.5 Å². The minimum atomic E-state index is -1.04. The third-order valence-electron chi connectivity index (χ3n) is 4.27. The fourth-order valence-corrected chi connectivity index (χ4v) is 2.84. The van der Waals surface area contributed by atoms with E-state index in [0.717, 1.165) is 25.0 Å². The van der Waals surface area contributed by atoms with E-state index in [0.29, 0.717) is 12.0 Å². The topological polar surface area (TPSA) is 49.6 Å². The summed E-state index contributed by atoms with van der Waals surface area (Å²) in [6.45, 7) is 1.99. The van der Waals surface area contributed by atoms with Crippen LogP contribution < -0.4 is 0 Å². The molecule has 2 aromatic carbocycles. The predicted molar refractivity (Wildman–Crippen MR) is 96.1 cm³/mol. The summed E-state index contributed by atoms with van der Waals surface area (Å²) < 4.78 is 56.3. The van der Waals surface area contributed by atoms with Crippen molar-refractivity contribution in [2.75, 3.05) is 0 Å². The highest BCUT2D eigenvalue weighted by molar-refractivity contribution is 5.65. The Labute approximate surface area is 159 Å². The van der Waals surface area contributed by atoms with Gasteiger partial charge in [-0.05, 0) is 42.7 Å². The van der Waals surface area contributed by atoms with Gasteiger partial charge in [0.25, 0.3) is 0 Å². The summed E-state index contributed by atoms with van der Waals surface area (Å²) in [5.74, 6) is -3.56. The van der Waals surface area contributed by atoms with Crippen LogP contribution in [0, 0.1) is 34.6 Å². The van der Waals surface area contributed by atoms with E-state index in [1.165, 1.54) is 30.6 Å². The Morgan fingerprint density at radius 3 is 1.93 bits per heavy atom. The molecule has 3 nitrogen and oxygen atoms in total. The van der Waals surface area contributed by atoms with E-state index in [1.807, 2.05) is 6.92 Å². The lowest BCUT2D eigenvalue weighted by molar-refractivity contribution is 0.577. The van der Waals surface area contributed by atoms with Gasteiger partial charge >= 0.3 is 0 Å². The zero-order valence-electron chi connectivity index (χ0n) is 14.9. The Bertz CT molecular complexity index is 1010. The number of aromatic nitrogens is 2. The molecule has 1 aromatic heterocycles. The zero-order valence-corrected chi connectivity index (χ0v) is 14.9. The predicted octanol–water partition coefficient (Wildman–Crippen LogP) is 5.58. The molecule has 0 aliphatic heterocycles. The summed E-state index contributed by atoms with van der Waals surface area (Å²) in [6.07, 6.45) is 4.69. The number of nitriles is 1. The van der Waals surface area contributed by atoms with E-state index in [4.69, 9.17) is 5.26 Å². The van der Waals surface area contributed by atoms with Gasteiger partial charge in [-0.3, -0.25) is 0 Å². The third kappa shape index (κ3) is 3.86. The van der Waals surface area contributed by atoms with Crippen molar-refractivity contribution in [2.45, 2.75) is 26.2 Å². The summed E-state index contributed by atoms with van der Waals surface area (Å²) in [7, 11) is 0. The second-order valence-corrected chi connectivity index (χ2v) is 6.26. The molecule has 0 saturated carbocycles. The fourth-order valence-electron chi connectivity index (χ4n) is 2.84. The largest absolute Gasteiger partial charge is 0.236 e. The van der Waals surface area contributed by atoms with E-state index >= 15 is 0 Å². The molecule has 7 heteroatoms. The van der Waals surface area contributed by atoms with Crippen molar-refractivity contribution in [3.05, 3.63) is 71.1 Å². The molecule has 28 heavy (non-hydrogen) atoms. The monoisotopic (exact) mass is 385 g/mol. The van der Waals surface area contributed by atoms with Gasteiger partial charge in [0.05, 0.1) is 5.56 Å². The second-order valence-electron chi connectivity index (χ2n) is 6.26. The fraction of sp³-hybridized carbons (Fsp3) is 0.190. The number of hydrogen-bond donors (Lipinski definition) is 0. The Morgan fingerprint density at radius 2 is 1.43 bits per heavy atom. The van der Waals surface area contributed by atoms with Gasteiger partial charge in [-0.1, -0.05) is 13.3 Å². The van der Waals surface area contributed by atoms with Crippen molar-refractivity contribution in [3.8, 4) is 28.6 Å². The van der Waals surface area contributed by atoms with Crippen molar-refractivity contribution in [2.24, 2.45) is 0 Å². The zero-order chi connectivity index (χ0) is 20.3. The molecule has 3 aromatic rings. The summed E-state index contributed by atoms with van der Waals surface area (Å²) in [5, 5.41) is 8.71. The maximum Gasteiger partial charge on any atom is 0.159 e. The number of aryl methyl sites for hydroxylation is 1. The molecule has 0 fully saturated rings. The van der Waals surface area contributed by atoms with Crippen LogP contribution >= 0.6 is 0 Å². The van der Waals surface area contributed by atoms with Crippen LogP contribution in [0.3, 0.4) is 0 Å². The maximum atomic E-state index is 14.4. The molecule has 0 aliphatic rings. The lowest BCUT2D eigenvalue weighted by Crippen LogP contribution is -1.98. The Balaban J connectivity index is 1.95. The van der Waals surface area contributed by atoms with Crippen molar-refractivity contribution in [1.29, 1.82) is 5.26 Å². The highest BCUT2D eigenvalue weighted by Crippen LogP contribution is 2.28. The van der Waals surface area contributed by atoms with Crippen LogP contribution in [0.5, 0.6) is 0 Å². The first-order chi connectivity index (χ1) is 13.4. The maximum absolute atomic E-state index is 14.4. The summed E-state index contributed by atoms with van der Waals surface area (Å²) in [6, 6.07) is 5.86. The Morgan fingerprint density at radius 1 is 0.857 bits per heavy atom. The molecule has 0 bridgehead atoms. The third-order valence-corrected chi connectivity index (χ3v) is 4.27. The molecule has 0 radical (unpaired) electrons. The normalized spacial score (nSPS) is 10.7. The smallest absolute Gasteiger partial charge is 0.159 e. The van der Waals surface area contributed by atoms with Crippen molar-refractivity contribution in [1.82, 2.24) is 9.97 Å². The number of nitrogens with zero attached hydrogens (tertiary/aromatic N) is 3. The first-order valence-electron chi connectivity index (χ1n) is 8.64. The van der Waals surface area contributed by atoms with Gasteiger partial charge in [0.1, 0.15) is 34.9 Å². The number of halogens is 4. The van der Waals surface area contributed by atoms with Crippen LogP contribution in [0.2, 0.25) is 0 Å². The van der Waals surface area contributed by atoms with Gasteiger partial charge in [0, 0.05) is 23.5 Å². The van der Waals surface area contributed by atoms with Crippen molar-refractivity contribution in [3.63, 3.8) is 0 Å². The molecule has 0 amide bonds. The summed E-state index contributed by atoms with van der Waals surface area (Å²) in [5.41, 5.74) is -0.273. The molecular formula is C21H15F4N3. The van der Waals surface area contributed by atoms with Crippen LogP contribution in [0.4, 0.5) is 17.6 Å². The van der Waals surface area contributed by atoms with E-state index in [1.54, 1.807) is 0 Å². The van der Waals surface area contributed by atoms with Gasteiger partial charge in [-0.15, -0.1) is 0 Å². The van der Waals surface area contributed by atoms with Crippen molar-refractivity contribution < 1.29 is 17.6 Å². The van der Waals surface area contributed by atoms with Gasteiger partial charge in [-0.2, -0.15) is 5.26 Å². The number of rotatable bonds is 5. The molecule has 1 heterocycles. The van der Waals surface area contributed by atoms with Crippen LogP contribution in [-0.2, 0) is 6.42 Å². The number of hydrogen-bond acceptors (Lipinski definition) is 3. The number of benzene rings is 2. The molecule has 0 N–H and O–H groups in total. The van der Waals surface area contributed by atoms with E-state index < -0.39 is 28.8 Å². The SMILES string of the molecule is CCCCc1cc(F)c(-c2cnc(-c3cc(F)c(C#N)c(F)c3)nc2)c(F)c1. The number of unbranched alkanes of at least 4 members (excludes halogenated alkanes) is 1. The van der Waals surface area contributed by atoms with Gasteiger partial charge in [-0.25, -0.2) is 27.5 Å². The molecule has 3 rings (SSSR count). The first kappa shape index (κ1) is 19.5. The van der Waals surface area contributed by atoms with Gasteiger partial charge < -0.3 is 0 Å². The first-order valence-corrected chi connectivity index (χ1v) is 8.64. The van der Waals surface area contributed by atoms with Gasteiger partial charge in [0.15, 0.2) is 5.82 Å². The molecule has 0 saturated heterocycles. The summed E-state index contributed by atoms with van der Waals surface area (Å²) in [4.78, 5) is 7.91. The standard InChI is InChI=1S/C21H15F4N3/c1-2-3-4-12-5-18(24)20(19(25)6-12)14-10-27-21(28-11-14)13-7-16(22)15(9-26)17(23)8-13/h5-8,10-11H,2-4H2,1H3. The molecule has 0 unspecified atom stereocenters. The second kappa shape index (κ2) is 8.17. The van der Waals surface area contributed by atoms with E-state index in [2.05, 4.69) is 9.97 Å². The molecule has 0 aliphatic carbocycles. The van der Waals surface area contributed by atoms with Crippen molar-refractivity contribution >= 4 is 0 Å². The van der Waals surface area contributed by atoms with Crippen LogP contribution in [-0.4, -0.2) is 9.97 Å². The minimum absolute atomic E-state index is 0.0106. The minimum Gasteiger partial charge on any atom is -0.236 e. The molecule has 142 valence electrons. The van der Waals surface area contributed by atoms with Gasteiger partial charge in [0.2, 0.25) is 0 Å². The Kier molecular flexibility index (Phi) is 5.69. The highest BCUT2D eigenvalue weighted by atomic mass is 19.1. The molecular weight excluding hydrogens is 370 g/mol. The van der Waals surface area contributed by atoms with Crippen LogP contribution in [0.15, 0.2) is 36.7 Å².